The molecule has 416 valence electrons. The van der Waals surface area contributed by atoms with Crippen LogP contribution in [0.25, 0.3) is 17.8 Å². The Bertz CT molecular complexity index is 2570. The minimum Gasteiger partial charge on any atom is -0.477 e. The van der Waals surface area contributed by atoms with Gasteiger partial charge in [-0.1, -0.05) is 53.1 Å². The van der Waals surface area contributed by atoms with Gasteiger partial charge in [-0.25, -0.2) is 24.9 Å². The van der Waals surface area contributed by atoms with E-state index >= 15 is 0 Å². The van der Waals surface area contributed by atoms with Gasteiger partial charge in [0.25, 0.3) is 11.1 Å². The van der Waals surface area contributed by atoms with Crippen molar-refractivity contribution < 1.29 is 14.6 Å². The van der Waals surface area contributed by atoms with E-state index in [1.165, 1.54) is 51.6 Å². The third kappa shape index (κ3) is 17.6. The molecule has 76 heavy (non-hydrogen) atoms. The highest BCUT2D eigenvalue weighted by Gasteiger charge is 2.22. The maximum atomic E-state index is 12.5. The Morgan fingerprint density at radius 1 is 0.566 bits per heavy atom. The molecule has 20 nitrogen and oxygen atoms in total. The van der Waals surface area contributed by atoms with E-state index in [2.05, 4.69) is 94.5 Å². The lowest BCUT2D eigenvalue weighted by atomic mass is 9.94. The van der Waals surface area contributed by atoms with Gasteiger partial charge in [0.1, 0.15) is 24.1 Å². The van der Waals surface area contributed by atoms with Gasteiger partial charge in [0.2, 0.25) is 29.6 Å². The second-order valence-electron chi connectivity index (χ2n) is 21.4. The molecule has 0 amide bonds. The van der Waals surface area contributed by atoms with Crippen LogP contribution in [0.15, 0.2) is 65.8 Å². The molecule has 0 bridgehead atoms. The number of hydrogen-bond acceptors (Lipinski definition) is 15. The molecule has 0 atom stereocenters. The van der Waals surface area contributed by atoms with Crippen molar-refractivity contribution in [3.63, 3.8) is 0 Å². The van der Waals surface area contributed by atoms with Crippen LogP contribution in [-0.4, -0.2) is 159 Å². The molecule has 9 heterocycles. The fourth-order valence-corrected chi connectivity index (χ4v) is 10.1. The van der Waals surface area contributed by atoms with Crippen molar-refractivity contribution in [3.8, 4) is 29.6 Å². The van der Waals surface area contributed by atoms with Crippen LogP contribution >= 0.6 is 11.6 Å². The standard InChI is InChI=1S/2C18H27N5O2.C11H13ClN4.C8H17NO/c2*1-13(2)15-16(24)20-18(23-10-7-19-12-23)21-17(15)25-11-6-14-4-8-22(3)9-5-14;1-7(2)9-8(3)14-11(15-10(9)12)16-5-4-13-6-16;1-9-5-2-8(3-6-9)4-7-10/h2*7,10,12-14H,4-6,8-9,11H2,1-3H3,(H,20,21,24);4-7H,1-3H3;8,10H,2-7H2,1H3. The number of H-pyrrole nitrogens is 2. The van der Waals surface area contributed by atoms with E-state index in [1.54, 1.807) is 69.9 Å². The summed E-state index contributed by atoms with van der Waals surface area (Å²) in [7, 11) is 6.49. The summed E-state index contributed by atoms with van der Waals surface area (Å²) < 4.78 is 17.0. The van der Waals surface area contributed by atoms with Crippen molar-refractivity contribution >= 4 is 11.6 Å². The fourth-order valence-electron chi connectivity index (χ4n) is 9.71. The van der Waals surface area contributed by atoms with Gasteiger partial charge in [-0.3, -0.25) is 33.3 Å². The molecule has 3 N–H and O–H groups in total. The van der Waals surface area contributed by atoms with Gasteiger partial charge in [-0.2, -0.15) is 9.97 Å². The molecule has 0 radical (unpaired) electrons. The van der Waals surface area contributed by atoms with Crippen molar-refractivity contribution in [2.75, 3.05) is 80.2 Å². The zero-order valence-electron chi connectivity index (χ0n) is 46.7. The van der Waals surface area contributed by atoms with Gasteiger partial charge >= 0.3 is 0 Å². The molecule has 6 aromatic rings. The SMILES string of the molecule is CC(C)c1c(OCCC2CCN(C)CC2)nc(-n2ccnc2)[nH]c1=O.CC(C)c1c(OCCC2CCN(C)CC2)nc(-n2ccnc2)[nH]c1=O.CN1CCC(CCO)CC1.Cc1nc(-n2ccnc2)nc(Cl)c1C(C)C. The molecule has 0 aliphatic carbocycles. The van der Waals surface area contributed by atoms with Gasteiger partial charge in [-0.15, -0.1) is 0 Å². The molecule has 9 rings (SSSR count). The number of aromatic nitrogens is 12. The van der Waals surface area contributed by atoms with E-state index in [-0.39, 0.29) is 23.0 Å². The van der Waals surface area contributed by atoms with Crippen LogP contribution in [0.4, 0.5) is 0 Å². The third-order valence-electron chi connectivity index (χ3n) is 14.4. The lowest BCUT2D eigenvalue weighted by molar-refractivity contribution is 0.180. The largest absolute Gasteiger partial charge is 0.477 e. The predicted molar refractivity (Wildman–Crippen MR) is 298 cm³/mol. The Balaban J connectivity index is 0.000000173. The van der Waals surface area contributed by atoms with E-state index in [1.807, 2.05) is 34.6 Å². The molecule has 0 unspecified atom stereocenters. The number of nitrogens with zero attached hydrogens (tertiary/aromatic N) is 13. The Hall–Kier alpha value is -5.80. The first-order valence-corrected chi connectivity index (χ1v) is 27.6. The van der Waals surface area contributed by atoms with Crippen molar-refractivity contribution in [1.29, 1.82) is 0 Å². The van der Waals surface area contributed by atoms with Gasteiger partial charge < -0.3 is 29.3 Å². The molecule has 6 aromatic heterocycles. The Morgan fingerprint density at radius 3 is 1.26 bits per heavy atom. The zero-order valence-corrected chi connectivity index (χ0v) is 47.4. The maximum absolute atomic E-state index is 12.5. The summed E-state index contributed by atoms with van der Waals surface area (Å²) in [5.74, 6) is 4.89. The van der Waals surface area contributed by atoms with E-state index < -0.39 is 0 Å². The normalized spacial score (nSPS) is 16.2. The van der Waals surface area contributed by atoms with E-state index in [0.29, 0.717) is 83.5 Å². The monoisotopic (exact) mass is 1070 g/mol. The van der Waals surface area contributed by atoms with Crippen LogP contribution in [0.3, 0.4) is 0 Å². The molecule has 0 spiro atoms. The Kier molecular flexibility index (Phi) is 23.2. The van der Waals surface area contributed by atoms with Crippen LogP contribution in [0.5, 0.6) is 11.8 Å². The molecule has 21 heteroatoms. The minimum absolute atomic E-state index is 0.0476. The number of rotatable bonds is 16. The minimum atomic E-state index is -0.150. The summed E-state index contributed by atoms with van der Waals surface area (Å²) in [5, 5.41) is 9.19. The van der Waals surface area contributed by atoms with Crippen molar-refractivity contribution in [3.05, 3.63) is 104 Å². The first kappa shape index (κ1) is 59.4. The van der Waals surface area contributed by atoms with E-state index in [4.69, 9.17) is 26.2 Å². The number of imidazole rings is 3. The van der Waals surface area contributed by atoms with Crippen LogP contribution in [0.1, 0.15) is 139 Å². The predicted octanol–water partition coefficient (Wildman–Crippen LogP) is 7.84. The summed E-state index contributed by atoms with van der Waals surface area (Å²) in [5.41, 5.74) is 2.83. The van der Waals surface area contributed by atoms with Crippen LogP contribution in [0.2, 0.25) is 5.15 Å². The van der Waals surface area contributed by atoms with E-state index in [0.717, 1.165) is 62.6 Å². The molecule has 3 saturated heterocycles. The van der Waals surface area contributed by atoms with Crippen molar-refractivity contribution in [2.45, 2.75) is 124 Å². The van der Waals surface area contributed by atoms with Gasteiger partial charge in [0, 0.05) is 55.0 Å². The lowest BCUT2D eigenvalue weighted by Crippen LogP contribution is -2.30. The first-order valence-electron chi connectivity index (χ1n) is 27.2. The lowest BCUT2D eigenvalue weighted by Gasteiger charge is -2.28. The molecule has 3 fully saturated rings. The summed E-state index contributed by atoms with van der Waals surface area (Å²) in [6.45, 7) is 22.6. The number of nitrogens with one attached hydrogen (secondary N) is 2. The van der Waals surface area contributed by atoms with Gasteiger partial charge in [0.05, 0.1) is 24.3 Å². The smallest absolute Gasteiger partial charge is 0.259 e. The van der Waals surface area contributed by atoms with E-state index in [9.17, 15) is 9.59 Å². The number of aryl methyl sites for hydroxylation is 1. The maximum Gasteiger partial charge on any atom is 0.259 e. The quantitative estimate of drug-likeness (QED) is 0.0787. The number of halogens is 1. The summed E-state index contributed by atoms with van der Waals surface area (Å²) in [4.78, 5) is 67.4. The molecule has 0 saturated carbocycles. The second kappa shape index (κ2) is 29.6. The molecule has 3 aliphatic heterocycles. The Labute approximate surface area is 453 Å². The number of likely N-dealkylation sites (tertiary alicyclic amines) is 3. The van der Waals surface area contributed by atoms with Crippen molar-refractivity contribution in [2.24, 2.45) is 17.8 Å². The van der Waals surface area contributed by atoms with Gasteiger partial charge in [0.15, 0.2) is 0 Å². The Morgan fingerprint density at radius 2 is 0.934 bits per heavy atom. The molecule has 0 aromatic carbocycles. The fraction of sp³-hybridized carbons (Fsp3) is 0.618. The highest BCUT2D eigenvalue weighted by molar-refractivity contribution is 6.30. The average molecular weight is 1070 g/mol. The molecular weight excluding hydrogens is 986 g/mol. The van der Waals surface area contributed by atoms with Gasteiger partial charge in [-0.05, 0) is 161 Å². The highest BCUT2D eigenvalue weighted by atomic mass is 35.5. The highest BCUT2D eigenvalue weighted by Crippen LogP contribution is 2.28. The third-order valence-corrected chi connectivity index (χ3v) is 14.7. The van der Waals surface area contributed by atoms with Crippen molar-refractivity contribution in [1.82, 2.24) is 73.3 Å². The number of hydrogen-bond donors (Lipinski definition) is 3. The number of piperidine rings is 3. The average Bonchev–Trinajstić information content (AvgIpc) is 4.23. The first-order chi connectivity index (χ1) is 36.5. The molecule has 3 aliphatic rings. The van der Waals surface area contributed by atoms with Crippen LogP contribution in [-0.2, 0) is 0 Å². The summed E-state index contributed by atoms with van der Waals surface area (Å²) in [6, 6.07) is 0. The molecular formula is C55H84ClN15O5. The zero-order chi connectivity index (χ0) is 54.7. The number of aromatic amines is 2. The topological polar surface area (TPSA) is 219 Å². The second-order valence-corrected chi connectivity index (χ2v) is 21.8. The summed E-state index contributed by atoms with van der Waals surface area (Å²) in [6.07, 6.45) is 25.5. The van der Waals surface area contributed by atoms with Crippen LogP contribution < -0.4 is 20.6 Å². The van der Waals surface area contributed by atoms with Crippen LogP contribution in [0, 0.1) is 24.7 Å². The number of aliphatic hydroxyl groups is 1. The number of ether oxygens (including phenoxy) is 2. The number of aliphatic hydroxyl groups excluding tert-OH is 1. The summed E-state index contributed by atoms with van der Waals surface area (Å²) >= 11 is 6.16.